The molecule has 0 amide bonds. The second-order valence-electron chi connectivity index (χ2n) is 3.98. The molecule has 0 saturated carbocycles. The predicted octanol–water partition coefficient (Wildman–Crippen LogP) is 1.22. The molecule has 0 aliphatic rings. The molecule has 0 aliphatic heterocycles. The summed E-state index contributed by atoms with van der Waals surface area (Å²) < 4.78 is 31.6. The van der Waals surface area contributed by atoms with Crippen LogP contribution < -0.4 is 10.2 Å². The standard InChI is InChI=1S/C13H11BF2O3/c15-11-3-1-2-9(6-11)8-19-13-7-10(14(17)18)4-5-12(13)16/h1-7,17-18H,8H2. The molecule has 2 aromatic rings. The van der Waals surface area contributed by atoms with Crippen molar-refractivity contribution in [3.05, 3.63) is 59.7 Å². The van der Waals surface area contributed by atoms with Gasteiger partial charge in [-0.05, 0) is 35.3 Å². The third-order valence-electron chi connectivity index (χ3n) is 2.54. The quantitative estimate of drug-likeness (QED) is 0.816. The Hall–Kier alpha value is -1.92. The first-order valence-corrected chi connectivity index (χ1v) is 5.59. The minimum Gasteiger partial charge on any atom is -0.486 e. The molecule has 2 N–H and O–H groups in total. The predicted molar refractivity (Wildman–Crippen MR) is 67.0 cm³/mol. The van der Waals surface area contributed by atoms with Gasteiger partial charge in [0, 0.05) is 0 Å². The first kappa shape index (κ1) is 13.5. The van der Waals surface area contributed by atoms with Gasteiger partial charge in [-0.2, -0.15) is 0 Å². The molecule has 0 aromatic heterocycles. The van der Waals surface area contributed by atoms with Crippen molar-refractivity contribution in [3.8, 4) is 5.75 Å². The number of rotatable bonds is 4. The molecule has 3 nitrogen and oxygen atoms in total. The first-order valence-electron chi connectivity index (χ1n) is 5.59. The zero-order valence-electron chi connectivity index (χ0n) is 9.88. The van der Waals surface area contributed by atoms with Gasteiger partial charge in [-0.25, -0.2) is 8.78 Å². The average molecular weight is 264 g/mol. The zero-order chi connectivity index (χ0) is 13.8. The van der Waals surface area contributed by atoms with Gasteiger partial charge in [0.2, 0.25) is 0 Å². The van der Waals surface area contributed by atoms with Crippen molar-refractivity contribution < 1.29 is 23.6 Å². The molecule has 0 atom stereocenters. The Morgan fingerprint density at radius 2 is 1.84 bits per heavy atom. The van der Waals surface area contributed by atoms with Gasteiger partial charge >= 0.3 is 7.12 Å². The maximum Gasteiger partial charge on any atom is 0.488 e. The lowest BCUT2D eigenvalue weighted by molar-refractivity contribution is 0.290. The maximum atomic E-state index is 13.5. The van der Waals surface area contributed by atoms with Crippen LogP contribution in [-0.4, -0.2) is 17.2 Å². The number of halogens is 2. The minimum absolute atomic E-state index is 0.0142. The normalized spacial score (nSPS) is 10.3. The lowest BCUT2D eigenvalue weighted by Gasteiger charge is -2.09. The second-order valence-corrected chi connectivity index (χ2v) is 3.98. The highest BCUT2D eigenvalue weighted by Crippen LogP contribution is 2.16. The summed E-state index contributed by atoms with van der Waals surface area (Å²) in [6, 6.07) is 9.27. The highest BCUT2D eigenvalue weighted by Gasteiger charge is 2.14. The van der Waals surface area contributed by atoms with Gasteiger partial charge in [-0.3, -0.25) is 0 Å². The molecule has 19 heavy (non-hydrogen) atoms. The Labute approximate surface area is 109 Å². The fourth-order valence-corrected chi connectivity index (χ4v) is 1.58. The third kappa shape index (κ3) is 3.53. The molecule has 0 radical (unpaired) electrons. The third-order valence-corrected chi connectivity index (χ3v) is 2.54. The molecule has 0 heterocycles. The van der Waals surface area contributed by atoms with Crippen LogP contribution in [0, 0.1) is 11.6 Å². The molecule has 2 rings (SSSR count). The van der Waals surface area contributed by atoms with E-state index in [1.807, 2.05) is 0 Å². The van der Waals surface area contributed by atoms with Gasteiger partial charge in [0.1, 0.15) is 12.4 Å². The highest BCUT2D eigenvalue weighted by molar-refractivity contribution is 6.58. The van der Waals surface area contributed by atoms with E-state index in [9.17, 15) is 8.78 Å². The van der Waals surface area contributed by atoms with Crippen LogP contribution in [0.15, 0.2) is 42.5 Å². The lowest BCUT2D eigenvalue weighted by Crippen LogP contribution is -2.29. The molecular formula is C13H11BF2O3. The smallest absolute Gasteiger partial charge is 0.486 e. The van der Waals surface area contributed by atoms with Gasteiger partial charge in [0.15, 0.2) is 11.6 Å². The van der Waals surface area contributed by atoms with E-state index in [1.54, 1.807) is 6.07 Å². The van der Waals surface area contributed by atoms with Crippen molar-refractivity contribution in [2.24, 2.45) is 0 Å². The highest BCUT2D eigenvalue weighted by atomic mass is 19.1. The minimum atomic E-state index is -1.70. The summed E-state index contributed by atoms with van der Waals surface area (Å²) in [7, 11) is -1.70. The summed E-state index contributed by atoms with van der Waals surface area (Å²) >= 11 is 0. The number of hydrogen-bond donors (Lipinski definition) is 2. The Morgan fingerprint density at radius 3 is 2.53 bits per heavy atom. The van der Waals surface area contributed by atoms with Gasteiger partial charge in [0.05, 0.1) is 0 Å². The monoisotopic (exact) mass is 264 g/mol. The van der Waals surface area contributed by atoms with E-state index in [1.165, 1.54) is 30.3 Å². The van der Waals surface area contributed by atoms with Crippen molar-refractivity contribution in [2.75, 3.05) is 0 Å². The van der Waals surface area contributed by atoms with Crippen molar-refractivity contribution in [1.29, 1.82) is 0 Å². The van der Waals surface area contributed by atoms with Gasteiger partial charge in [0.25, 0.3) is 0 Å². The van der Waals surface area contributed by atoms with Crippen LogP contribution in [0.3, 0.4) is 0 Å². The Balaban J connectivity index is 2.12. The molecule has 0 spiro atoms. The second kappa shape index (κ2) is 5.82. The average Bonchev–Trinajstić information content (AvgIpc) is 2.37. The number of hydrogen-bond acceptors (Lipinski definition) is 3. The Bertz CT molecular complexity index is 576. The molecule has 2 aromatic carbocycles. The molecule has 0 saturated heterocycles. The first-order chi connectivity index (χ1) is 9.06. The largest absolute Gasteiger partial charge is 0.488 e. The summed E-state index contributed by atoms with van der Waals surface area (Å²) in [5.41, 5.74) is 0.671. The van der Waals surface area contributed by atoms with E-state index < -0.39 is 18.8 Å². The van der Waals surface area contributed by atoms with E-state index in [0.29, 0.717) is 5.56 Å². The van der Waals surface area contributed by atoms with Crippen LogP contribution in [-0.2, 0) is 6.61 Å². The Morgan fingerprint density at radius 1 is 1.05 bits per heavy atom. The number of benzene rings is 2. The van der Waals surface area contributed by atoms with Crippen LogP contribution in [0.25, 0.3) is 0 Å². The molecule has 98 valence electrons. The van der Waals surface area contributed by atoms with Gasteiger partial charge in [-0.15, -0.1) is 0 Å². The van der Waals surface area contributed by atoms with E-state index >= 15 is 0 Å². The van der Waals surface area contributed by atoms with E-state index in [2.05, 4.69) is 0 Å². The van der Waals surface area contributed by atoms with Crippen LogP contribution in [0.5, 0.6) is 5.75 Å². The van der Waals surface area contributed by atoms with Crippen molar-refractivity contribution >= 4 is 12.6 Å². The molecule has 0 aliphatic carbocycles. The van der Waals surface area contributed by atoms with Crippen molar-refractivity contribution in [3.63, 3.8) is 0 Å². The van der Waals surface area contributed by atoms with E-state index in [4.69, 9.17) is 14.8 Å². The molecule has 0 fully saturated rings. The summed E-state index contributed by atoms with van der Waals surface area (Å²) in [6.45, 7) is -0.0142. The summed E-state index contributed by atoms with van der Waals surface area (Å²) in [5, 5.41) is 18.0. The molecule has 0 unspecified atom stereocenters. The fourth-order valence-electron chi connectivity index (χ4n) is 1.58. The van der Waals surface area contributed by atoms with Crippen LogP contribution in [0.2, 0.25) is 0 Å². The molecular weight excluding hydrogens is 253 g/mol. The van der Waals surface area contributed by atoms with Crippen LogP contribution in [0.1, 0.15) is 5.56 Å². The Kier molecular flexibility index (Phi) is 4.14. The van der Waals surface area contributed by atoms with Gasteiger partial charge in [-0.1, -0.05) is 18.2 Å². The summed E-state index contributed by atoms with van der Waals surface area (Å²) in [6.07, 6.45) is 0. The molecule has 6 heteroatoms. The zero-order valence-corrected chi connectivity index (χ0v) is 9.88. The maximum absolute atomic E-state index is 13.5. The van der Waals surface area contributed by atoms with Gasteiger partial charge < -0.3 is 14.8 Å². The van der Waals surface area contributed by atoms with Crippen molar-refractivity contribution in [2.45, 2.75) is 6.61 Å². The fraction of sp³-hybridized carbons (Fsp3) is 0.0769. The topological polar surface area (TPSA) is 49.7 Å². The van der Waals surface area contributed by atoms with Crippen molar-refractivity contribution in [1.82, 2.24) is 0 Å². The van der Waals surface area contributed by atoms with Crippen LogP contribution >= 0.6 is 0 Å². The number of ether oxygens (including phenoxy) is 1. The van der Waals surface area contributed by atoms with Crippen LogP contribution in [0.4, 0.5) is 8.78 Å². The summed E-state index contributed by atoms with van der Waals surface area (Å²) in [4.78, 5) is 0. The SMILES string of the molecule is OB(O)c1ccc(F)c(OCc2cccc(F)c2)c1. The van der Waals surface area contributed by atoms with E-state index in [0.717, 1.165) is 6.07 Å². The van der Waals surface area contributed by atoms with E-state index in [-0.39, 0.29) is 17.8 Å². The lowest BCUT2D eigenvalue weighted by atomic mass is 9.80. The molecule has 0 bridgehead atoms. The summed E-state index contributed by atoms with van der Waals surface area (Å²) in [5.74, 6) is -1.14.